The molecule has 10 heteroatoms. The van der Waals surface area contributed by atoms with E-state index >= 15 is 0 Å². The average Bonchev–Trinajstić information content (AvgIpc) is 2.99. The molecule has 170 valence electrons. The quantitative estimate of drug-likeness (QED) is 0.571. The van der Waals surface area contributed by atoms with Crippen molar-refractivity contribution in [3.63, 3.8) is 0 Å². The normalized spacial score (nSPS) is 18.0. The Hall–Kier alpha value is -3.66. The van der Waals surface area contributed by atoms with Gasteiger partial charge < -0.3 is 14.8 Å². The first-order chi connectivity index (χ1) is 15.2. The predicted octanol–water partition coefficient (Wildman–Crippen LogP) is 1.64. The highest BCUT2D eigenvalue weighted by molar-refractivity contribution is 6.08. The molecule has 0 spiro atoms. The molecule has 1 heterocycles. The summed E-state index contributed by atoms with van der Waals surface area (Å²) in [6.45, 7) is 2.16. The molecular weight excluding hydrogens is 419 g/mol. The lowest BCUT2D eigenvalue weighted by atomic mass is 9.92. The molecule has 0 bridgehead atoms. The van der Waals surface area contributed by atoms with Gasteiger partial charge in [0.25, 0.3) is 11.8 Å². The molecule has 0 aliphatic carbocycles. The van der Waals surface area contributed by atoms with Gasteiger partial charge in [-0.15, -0.1) is 0 Å². The predicted molar refractivity (Wildman–Crippen MR) is 113 cm³/mol. The van der Waals surface area contributed by atoms with Crippen LogP contribution in [0.25, 0.3) is 0 Å². The molecule has 2 N–H and O–H groups in total. The Morgan fingerprint density at radius 3 is 2.59 bits per heavy atom. The third-order valence-corrected chi connectivity index (χ3v) is 5.04. The number of hydrogen-bond donors (Lipinski definition) is 2. The smallest absolute Gasteiger partial charge is 0.344 e. The first-order valence-corrected chi connectivity index (χ1v) is 9.90. The molecule has 2 aromatic rings. The Morgan fingerprint density at radius 2 is 1.91 bits per heavy atom. The van der Waals surface area contributed by atoms with Crippen LogP contribution in [0, 0.1) is 5.82 Å². The minimum Gasteiger partial charge on any atom is -0.497 e. The summed E-state index contributed by atoms with van der Waals surface area (Å²) in [6.07, 6.45) is 0. The number of imide groups is 1. The van der Waals surface area contributed by atoms with E-state index in [1.54, 1.807) is 43.1 Å². The number of methoxy groups -OCH3 is 1. The van der Waals surface area contributed by atoms with Crippen LogP contribution in [0.4, 0.5) is 9.18 Å². The fraction of sp³-hybridized carbons (Fsp3) is 0.318. The highest BCUT2D eigenvalue weighted by Gasteiger charge is 2.50. The Kier molecular flexibility index (Phi) is 6.94. The number of hydrazine groups is 1. The minimum atomic E-state index is -1.34. The zero-order chi connectivity index (χ0) is 23.3. The number of benzene rings is 2. The molecule has 9 nitrogen and oxygen atoms in total. The summed E-state index contributed by atoms with van der Waals surface area (Å²) < 4.78 is 23.6. The van der Waals surface area contributed by atoms with Gasteiger partial charge in [-0.05, 0) is 55.9 Å². The Balaban J connectivity index is 1.53. The fourth-order valence-corrected chi connectivity index (χ4v) is 3.20. The van der Waals surface area contributed by atoms with Gasteiger partial charge in [0.15, 0.2) is 0 Å². The van der Waals surface area contributed by atoms with Crippen molar-refractivity contribution < 1.29 is 28.2 Å². The number of nitrogens with one attached hydrogen (secondary N) is 2. The lowest BCUT2D eigenvalue weighted by Gasteiger charge is -2.23. The van der Waals surface area contributed by atoms with E-state index < -0.39 is 23.4 Å². The Morgan fingerprint density at radius 1 is 1.19 bits per heavy atom. The molecular formula is C22H25FN4O5. The minimum absolute atomic E-state index is 0.0697. The van der Waals surface area contributed by atoms with Crippen LogP contribution in [0.1, 0.15) is 12.5 Å². The molecule has 0 saturated carbocycles. The molecule has 32 heavy (non-hydrogen) atoms. The zero-order valence-electron chi connectivity index (χ0n) is 18.1. The number of carbonyl (C=O) groups is 3. The molecule has 1 atom stereocenters. The number of carbonyl (C=O) groups excluding carboxylic acids is 3. The van der Waals surface area contributed by atoms with Gasteiger partial charge in [-0.1, -0.05) is 12.1 Å². The summed E-state index contributed by atoms with van der Waals surface area (Å²) in [6, 6.07) is 11.7. The maximum Gasteiger partial charge on any atom is 0.344 e. The summed E-state index contributed by atoms with van der Waals surface area (Å²) in [7, 11) is 3.20. The topological polar surface area (TPSA) is 100 Å². The van der Waals surface area contributed by atoms with E-state index in [9.17, 15) is 18.8 Å². The van der Waals surface area contributed by atoms with Gasteiger partial charge in [-0.25, -0.2) is 9.18 Å². The molecule has 1 aliphatic heterocycles. The summed E-state index contributed by atoms with van der Waals surface area (Å²) in [5.74, 6) is -0.439. The van der Waals surface area contributed by atoms with Crippen molar-refractivity contribution in [3.8, 4) is 11.5 Å². The second kappa shape index (κ2) is 9.65. The van der Waals surface area contributed by atoms with Gasteiger partial charge in [0.2, 0.25) is 0 Å². The van der Waals surface area contributed by atoms with Crippen LogP contribution in [0.3, 0.4) is 0 Å². The zero-order valence-corrected chi connectivity index (χ0v) is 18.1. The number of ether oxygens (including phenoxy) is 2. The second-order valence-corrected chi connectivity index (χ2v) is 7.50. The van der Waals surface area contributed by atoms with Crippen molar-refractivity contribution in [2.24, 2.45) is 0 Å². The van der Waals surface area contributed by atoms with Gasteiger partial charge in [-0.2, -0.15) is 5.01 Å². The monoisotopic (exact) mass is 444 g/mol. The van der Waals surface area contributed by atoms with Crippen LogP contribution in [0.15, 0.2) is 48.5 Å². The molecule has 4 amide bonds. The second-order valence-electron chi connectivity index (χ2n) is 7.50. The van der Waals surface area contributed by atoms with E-state index in [-0.39, 0.29) is 19.0 Å². The van der Waals surface area contributed by atoms with Crippen molar-refractivity contribution in [1.29, 1.82) is 0 Å². The van der Waals surface area contributed by atoms with Crippen LogP contribution >= 0.6 is 0 Å². The van der Waals surface area contributed by atoms with Crippen molar-refractivity contribution in [3.05, 3.63) is 59.9 Å². The first-order valence-electron chi connectivity index (χ1n) is 9.90. The van der Waals surface area contributed by atoms with Crippen LogP contribution in [0.2, 0.25) is 0 Å². The lowest BCUT2D eigenvalue weighted by Crippen LogP contribution is -2.50. The number of nitrogens with zero attached hydrogens (tertiary/aromatic N) is 2. The van der Waals surface area contributed by atoms with E-state index in [0.717, 1.165) is 0 Å². The Labute approximate surface area is 185 Å². The van der Waals surface area contributed by atoms with E-state index in [4.69, 9.17) is 9.47 Å². The molecule has 0 aromatic heterocycles. The van der Waals surface area contributed by atoms with E-state index in [2.05, 4.69) is 10.7 Å². The number of likely N-dealkylation sites (N-methyl/N-ethyl adjacent to an activating group) is 1. The number of urea groups is 1. The molecule has 1 saturated heterocycles. The van der Waals surface area contributed by atoms with Crippen molar-refractivity contribution in [2.45, 2.75) is 12.5 Å². The molecule has 2 aromatic carbocycles. The number of rotatable bonds is 9. The summed E-state index contributed by atoms with van der Waals surface area (Å²) >= 11 is 0. The highest BCUT2D eigenvalue weighted by Crippen LogP contribution is 2.30. The van der Waals surface area contributed by atoms with Crippen molar-refractivity contribution >= 4 is 17.8 Å². The molecule has 1 aliphatic rings. The first kappa shape index (κ1) is 23.0. The number of hydrogen-bond acceptors (Lipinski definition) is 6. The third-order valence-electron chi connectivity index (χ3n) is 5.04. The van der Waals surface area contributed by atoms with Crippen molar-refractivity contribution in [1.82, 2.24) is 20.7 Å². The maximum atomic E-state index is 12.9. The van der Waals surface area contributed by atoms with Crippen LogP contribution in [-0.4, -0.2) is 61.6 Å². The van der Waals surface area contributed by atoms with E-state index in [1.807, 2.05) is 0 Å². The van der Waals surface area contributed by atoms with Gasteiger partial charge >= 0.3 is 6.03 Å². The van der Waals surface area contributed by atoms with E-state index in [1.165, 1.54) is 31.4 Å². The highest BCUT2D eigenvalue weighted by atomic mass is 19.1. The third kappa shape index (κ3) is 5.14. The van der Waals surface area contributed by atoms with Crippen molar-refractivity contribution in [2.75, 3.05) is 33.9 Å². The Bertz CT molecular complexity index is 1000. The summed E-state index contributed by atoms with van der Waals surface area (Å²) in [5.41, 5.74) is 1.54. The van der Waals surface area contributed by atoms with Crippen LogP contribution in [-0.2, 0) is 15.1 Å². The van der Waals surface area contributed by atoms with Gasteiger partial charge in [-0.3, -0.25) is 19.9 Å². The molecule has 0 radical (unpaired) electrons. The van der Waals surface area contributed by atoms with E-state index in [0.29, 0.717) is 28.6 Å². The van der Waals surface area contributed by atoms with Crippen LogP contribution < -0.4 is 20.2 Å². The van der Waals surface area contributed by atoms with Gasteiger partial charge in [0.05, 0.1) is 13.7 Å². The molecule has 1 fully saturated rings. The average molecular weight is 444 g/mol. The standard InChI is InChI=1S/C22H25FN4O5/c1-22(15-5-4-6-18(13-15)31-3)20(29)27(21(30)24-22)25-19(28)14-26(2)11-12-32-17-9-7-16(23)8-10-17/h4-10,13H,11-12,14H2,1-3H3,(H,24,30)(H,25,28). The van der Waals surface area contributed by atoms with Gasteiger partial charge in [0, 0.05) is 6.54 Å². The molecule has 3 rings (SSSR count). The van der Waals surface area contributed by atoms with Gasteiger partial charge in [0.1, 0.15) is 29.5 Å². The summed E-state index contributed by atoms with van der Waals surface area (Å²) in [5, 5.41) is 3.30. The largest absolute Gasteiger partial charge is 0.497 e. The fourth-order valence-electron chi connectivity index (χ4n) is 3.20. The lowest BCUT2D eigenvalue weighted by molar-refractivity contribution is -0.139. The summed E-state index contributed by atoms with van der Waals surface area (Å²) in [4.78, 5) is 39.4. The number of halogens is 1. The number of amides is 4. The van der Waals surface area contributed by atoms with Crippen LogP contribution in [0.5, 0.6) is 11.5 Å². The SMILES string of the molecule is COc1cccc(C2(C)NC(=O)N(NC(=O)CN(C)CCOc3ccc(F)cc3)C2=O)c1. The molecule has 1 unspecified atom stereocenters. The maximum absolute atomic E-state index is 12.9.